The number of halogens is 1. The largest absolute Gasteiger partial charge is 0.340 e. The first kappa shape index (κ1) is 14.2. The van der Waals surface area contributed by atoms with Gasteiger partial charge in [0.1, 0.15) is 0 Å². The number of likely N-dealkylation sites (N-methyl/N-ethyl adjacent to an activating group) is 1. The van der Waals surface area contributed by atoms with Crippen LogP contribution in [0.2, 0.25) is 0 Å². The molecule has 1 aromatic rings. The predicted octanol–water partition coefficient (Wildman–Crippen LogP) is 2.53. The third-order valence-electron chi connectivity index (χ3n) is 2.63. The van der Waals surface area contributed by atoms with Gasteiger partial charge in [0, 0.05) is 18.1 Å². The Morgan fingerprint density at radius 3 is 2.53 bits per heavy atom. The normalized spacial score (nSPS) is 12.2. The number of nitrogens with zero attached hydrogens (tertiary/aromatic N) is 1. The molecule has 0 aliphatic rings. The van der Waals surface area contributed by atoms with Crippen molar-refractivity contribution in [2.45, 2.75) is 32.4 Å². The average molecular weight is 299 g/mol. The zero-order valence-corrected chi connectivity index (χ0v) is 11.9. The van der Waals surface area contributed by atoms with Gasteiger partial charge in [0.05, 0.1) is 6.04 Å². The molecule has 3 nitrogen and oxygen atoms in total. The summed E-state index contributed by atoms with van der Waals surface area (Å²) in [5, 5.41) is 0. The maximum Gasteiger partial charge on any atom is 0.239 e. The van der Waals surface area contributed by atoms with E-state index in [0.29, 0.717) is 6.54 Å². The van der Waals surface area contributed by atoms with E-state index in [9.17, 15) is 4.79 Å². The molecule has 0 aromatic heterocycles. The number of hydrogen-bond donors (Lipinski definition) is 1. The molecular formula is C13H19BrN2O. The van der Waals surface area contributed by atoms with Gasteiger partial charge in [-0.25, -0.2) is 0 Å². The fourth-order valence-corrected chi connectivity index (χ4v) is 1.92. The Labute approximate surface area is 111 Å². The van der Waals surface area contributed by atoms with Gasteiger partial charge in [0.15, 0.2) is 0 Å². The van der Waals surface area contributed by atoms with Gasteiger partial charge in [0.25, 0.3) is 0 Å². The average Bonchev–Trinajstić information content (AvgIpc) is 2.31. The smallest absolute Gasteiger partial charge is 0.239 e. The molecule has 0 saturated heterocycles. The van der Waals surface area contributed by atoms with E-state index in [1.54, 1.807) is 11.9 Å². The van der Waals surface area contributed by atoms with E-state index in [1.165, 1.54) is 0 Å². The van der Waals surface area contributed by atoms with Crippen molar-refractivity contribution in [1.82, 2.24) is 4.90 Å². The molecular weight excluding hydrogens is 280 g/mol. The van der Waals surface area contributed by atoms with Gasteiger partial charge in [-0.05, 0) is 24.1 Å². The predicted molar refractivity (Wildman–Crippen MR) is 73.5 cm³/mol. The molecule has 94 valence electrons. The number of benzene rings is 1. The van der Waals surface area contributed by atoms with Gasteiger partial charge in [-0.2, -0.15) is 0 Å². The molecule has 0 aliphatic heterocycles. The van der Waals surface area contributed by atoms with Gasteiger partial charge in [-0.3, -0.25) is 4.79 Å². The van der Waals surface area contributed by atoms with Gasteiger partial charge in [0.2, 0.25) is 5.91 Å². The van der Waals surface area contributed by atoms with Crippen molar-refractivity contribution in [1.29, 1.82) is 0 Å². The first-order chi connectivity index (χ1) is 8.04. The zero-order chi connectivity index (χ0) is 12.8. The summed E-state index contributed by atoms with van der Waals surface area (Å²) in [6.07, 6.45) is 1.67. The minimum Gasteiger partial charge on any atom is -0.340 e. The van der Waals surface area contributed by atoms with Crippen LogP contribution in [0.5, 0.6) is 0 Å². The van der Waals surface area contributed by atoms with E-state index in [-0.39, 0.29) is 11.9 Å². The Hall–Kier alpha value is -0.870. The molecule has 1 unspecified atom stereocenters. The molecule has 1 atom stereocenters. The number of hydrogen-bond acceptors (Lipinski definition) is 2. The molecule has 0 saturated carbocycles. The van der Waals surface area contributed by atoms with Crippen molar-refractivity contribution in [2.24, 2.45) is 5.73 Å². The molecule has 1 amide bonds. The summed E-state index contributed by atoms with van der Waals surface area (Å²) in [4.78, 5) is 13.6. The van der Waals surface area contributed by atoms with Crippen molar-refractivity contribution in [2.75, 3.05) is 7.05 Å². The summed E-state index contributed by atoms with van der Waals surface area (Å²) in [6.45, 7) is 2.63. The monoisotopic (exact) mass is 298 g/mol. The van der Waals surface area contributed by atoms with Crippen LogP contribution in [0.15, 0.2) is 28.7 Å². The molecule has 1 aromatic carbocycles. The molecule has 1 rings (SSSR count). The van der Waals surface area contributed by atoms with E-state index in [1.807, 2.05) is 31.2 Å². The van der Waals surface area contributed by atoms with E-state index in [0.717, 1.165) is 22.9 Å². The van der Waals surface area contributed by atoms with Crippen molar-refractivity contribution in [3.05, 3.63) is 34.3 Å². The minimum atomic E-state index is -0.375. The lowest BCUT2D eigenvalue weighted by Crippen LogP contribution is -2.41. The number of carbonyl (C=O) groups is 1. The van der Waals surface area contributed by atoms with Crippen LogP contribution in [0.4, 0.5) is 0 Å². The Bertz CT molecular complexity index is 364. The molecule has 17 heavy (non-hydrogen) atoms. The molecule has 0 fully saturated rings. The SMILES string of the molecule is CCCC(N)C(=O)N(C)Cc1ccc(Br)cc1. The highest BCUT2D eigenvalue weighted by molar-refractivity contribution is 9.10. The zero-order valence-electron chi connectivity index (χ0n) is 10.3. The number of rotatable bonds is 5. The highest BCUT2D eigenvalue weighted by atomic mass is 79.9. The van der Waals surface area contributed by atoms with Gasteiger partial charge in [-0.1, -0.05) is 41.4 Å². The van der Waals surface area contributed by atoms with E-state index in [2.05, 4.69) is 15.9 Å². The van der Waals surface area contributed by atoms with E-state index in [4.69, 9.17) is 5.73 Å². The lowest BCUT2D eigenvalue weighted by atomic mass is 10.1. The van der Waals surface area contributed by atoms with Gasteiger partial charge >= 0.3 is 0 Å². The number of amides is 1. The summed E-state index contributed by atoms with van der Waals surface area (Å²) in [5.74, 6) is 0.00905. The summed E-state index contributed by atoms with van der Waals surface area (Å²) in [6, 6.07) is 7.57. The Morgan fingerprint density at radius 1 is 1.41 bits per heavy atom. The highest BCUT2D eigenvalue weighted by Crippen LogP contribution is 2.12. The lowest BCUT2D eigenvalue weighted by molar-refractivity contribution is -0.131. The summed E-state index contributed by atoms with van der Waals surface area (Å²) in [5.41, 5.74) is 6.91. The van der Waals surface area contributed by atoms with Crippen LogP contribution >= 0.6 is 15.9 Å². The third kappa shape index (κ3) is 4.48. The van der Waals surface area contributed by atoms with E-state index >= 15 is 0 Å². The molecule has 0 heterocycles. The van der Waals surface area contributed by atoms with Crippen LogP contribution in [0.3, 0.4) is 0 Å². The standard InChI is InChI=1S/C13H19BrN2O/c1-3-4-12(15)13(17)16(2)9-10-5-7-11(14)8-6-10/h5-8,12H,3-4,9,15H2,1-2H3. The fourth-order valence-electron chi connectivity index (χ4n) is 1.66. The lowest BCUT2D eigenvalue weighted by Gasteiger charge is -2.21. The fraction of sp³-hybridized carbons (Fsp3) is 0.462. The summed E-state index contributed by atoms with van der Waals surface area (Å²) in [7, 11) is 1.79. The highest BCUT2D eigenvalue weighted by Gasteiger charge is 2.16. The third-order valence-corrected chi connectivity index (χ3v) is 3.15. The molecule has 0 radical (unpaired) electrons. The summed E-state index contributed by atoms with van der Waals surface area (Å²) < 4.78 is 1.04. The molecule has 0 spiro atoms. The first-order valence-electron chi connectivity index (χ1n) is 5.79. The maximum absolute atomic E-state index is 11.9. The second-order valence-corrected chi connectivity index (χ2v) is 5.13. The first-order valence-corrected chi connectivity index (χ1v) is 6.59. The van der Waals surface area contributed by atoms with Crippen molar-refractivity contribution in [3.8, 4) is 0 Å². The quantitative estimate of drug-likeness (QED) is 0.908. The molecule has 0 bridgehead atoms. The Balaban J connectivity index is 2.56. The maximum atomic E-state index is 11.9. The topological polar surface area (TPSA) is 46.3 Å². The van der Waals surface area contributed by atoms with Gasteiger partial charge < -0.3 is 10.6 Å². The van der Waals surface area contributed by atoms with Crippen molar-refractivity contribution >= 4 is 21.8 Å². The number of nitrogens with two attached hydrogens (primary N) is 1. The van der Waals surface area contributed by atoms with Crippen LogP contribution in [0.25, 0.3) is 0 Å². The Kier molecular flexibility index (Phi) is 5.65. The van der Waals surface area contributed by atoms with Crippen LogP contribution in [-0.4, -0.2) is 23.9 Å². The van der Waals surface area contributed by atoms with Crippen molar-refractivity contribution < 1.29 is 4.79 Å². The van der Waals surface area contributed by atoms with Crippen LogP contribution in [0, 0.1) is 0 Å². The van der Waals surface area contributed by atoms with E-state index < -0.39 is 0 Å². The van der Waals surface area contributed by atoms with Crippen LogP contribution in [0.1, 0.15) is 25.3 Å². The molecule has 4 heteroatoms. The number of carbonyl (C=O) groups excluding carboxylic acids is 1. The van der Waals surface area contributed by atoms with Crippen molar-refractivity contribution in [3.63, 3.8) is 0 Å². The molecule has 2 N–H and O–H groups in total. The Morgan fingerprint density at radius 2 is 2.00 bits per heavy atom. The van der Waals surface area contributed by atoms with Crippen LogP contribution in [-0.2, 0) is 11.3 Å². The summed E-state index contributed by atoms with van der Waals surface area (Å²) >= 11 is 3.38. The second kappa shape index (κ2) is 6.77. The van der Waals surface area contributed by atoms with Crippen LogP contribution < -0.4 is 5.73 Å². The minimum absolute atomic E-state index is 0.00905. The van der Waals surface area contributed by atoms with Gasteiger partial charge in [-0.15, -0.1) is 0 Å². The molecule has 0 aliphatic carbocycles. The second-order valence-electron chi connectivity index (χ2n) is 4.22.